The summed E-state index contributed by atoms with van der Waals surface area (Å²) in [5.41, 5.74) is 13.0. The Balaban J connectivity index is 1.48. The minimum absolute atomic E-state index is 0.156. The Labute approximate surface area is 152 Å². The zero-order valence-corrected chi connectivity index (χ0v) is 14.5. The summed E-state index contributed by atoms with van der Waals surface area (Å²) in [5, 5.41) is 0. The van der Waals surface area contributed by atoms with Crippen LogP contribution >= 0.6 is 0 Å². The summed E-state index contributed by atoms with van der Waals surface area (Å²) in [5.74, 6) is -0.412. The number of aryl methyl sites for hydroxylation is 1. The van der Waals surface area contributed by atoms with E-state index in [2.05, 4.69) is 21.7 Å². The highest BCUT2D eigenvalue weighted by Crippen LogP contribution is 2.24. The number of hydrazine groups is 2. The summed E-state index contributed by atoms with van der Waals surface area (Å²) in [7, 11) is 0. The van der Waals surface area contributed by atoms with E-state index in [-0.39, 0.29) is 24.5 Å². The second-order valence-corrected chi connectivity index (χ2v) is 6.16. The third-order valence-corrected chi connectivity index (χ3v) is 4.16. The number of ether oxygens (including phenoxy) is 1. The fraction of sp³-hybridized carbons (Fsp3) is 0.263. The molecule has 26 heavy (non-hydrogen) atoms. The highest BCUT2D eigenvalue weighted by atomic mass is 16.5. The standard InChI is InChI=1S/C19H22N4O3/c1-13-6-5-9-15(10-13)26-12-17(24)21-23-19(25)16-11-20-22-18(16)14-7-3-2-4-8-14/h2-10,16,18,20,22H,11-12H2,1H3,(H,21,24)(H,23,25). The van der Waals surface area contributed by atoms with Crippen LogP contribution in [0.3, 0.4) is 0 Å². The summed E-state index contributed by atoms with van der Waals surface area (Å²) in [6, 6.07) is 17.0. The lowest BCUT2D eigenvalue weighted by Crippen LogP contribution is -2.47. The molecule has 3 rings (SSSR count). The van der Waals surface area contributed by atoms with Gasteiger partial charge in [-0.1, -0.05) is 42.5 Å². The third-order valence-electron chi connectivity index (χ3n) is 4.16. The second kappa shape index (κ2) is 8.46. The number of hydrogen-bond acceptors (Lipinski definition) is 5. The number of rotatable bonds is 5. The predicted molar refractivity (Wildman–Crippen MR) is 96.8 cm³/mol. The Morgan fingerprint density at radius 1 is 1.12 bits per heavy atom. The maximum absolute atomic E-state index is 12.4. The number of nitrogens with one attached hydrogen (secondary N) is 4. The molecule has 0 bridgehead atoms. The van der Waals surface area contributed by atoms with Gasteiger partial charge in [0.25, 0.3) is 5.91 Å². The molecule has 4 N–H and O–H groups in total. The molecular formula is C19H22N4O3. The molecule has 2 aromatic rings. The summed E-state index contributed by atoms with van der Waals surface area (Å²) in [6.07, 6.45) is 0. The van der Waals surface area contributed by atoms with Crippen molar-refractivity contribution in [1.82, 2.24) is 21.7 Å². The predicted octanol–water partition coefficient (Wildman–Crippen LogP) is 0.987. The lowest BCUT2D eigenvalue weighted by molar-refractivity contribution is -0.132. The molecule has 7 nitrogen and oxygen atoms in total. The first-order chi connectivity index (χ1) is 12.6. The monoisotopic (exact) mass is 354 g/mol. The van der Waals surface area contributed by atoms with Crippen molar-refractivity contribution in [1.29, 1.82) is 0 Å². The highest BCUT2D eigenvalue weighted by Gasteiger charge is 2.34. The van der Waals surface area contributed by atoms with Gasteiger partial charge in [-0.25, -0.2) is 5.43 Å². The molecule has 0 aliphatic carbocycles. The first-order valence-corrected chi connectivity index (χ1v) is 8.45. The fourth-order valence-corrected chi connectivity index (χ4v) is 2.83. The summed E-state index contributed by atoms with van der Waals surface area (Å²) >= 11 is 0. The SMILES string of the molecule is Cc1cccc(OCC(=O)NNC(=O)C2CNNC2c2ccccc2)c1. The van der Waals surface area contributed by atoms with Crippen LogP contribution in [0.5, 0.6) is 5.75 Å². The number of carbonyl (C=O) groups is 2. The maximum atomic E-state index is 12.4. The number of amides is 2. The quantitative estimate of drug-likeness (QED) is 0.601. The van der Waals surface area contributed by atoms with Crippen molar-refractivity contribution in [3.63, 3.8) is 0 Å². The lowest BCUT2D eigenvalue weighted by Gasteiger charge is -2.18. The molecule has 0 aromatic heterocycles. The van der Waals surface area contributed by atoms with Gasteiger partial charge in [-0.15, -0.1) is 0 Å². The van der Waals surface area contributed by atoms with Gasteiger partial charge in [0, 0.05) is 6.54 Å². The van der Waals surface area contributed by atoms with Gasteiger partial charge in [0.05, 0.1) is 12.0 Å². The van der Waals surface area contributed by atoms with E-state index in [0.717, 1.165) is 11.1 Å². The summed E-state index contributed by atoms with van der Waals surface area (Å²) < 4.78 is 5.41. The van der Waals surface area contributed by atoms with Gasteiger partial charge in [-0.2, -0.15) is 0 Å². The number of hydrogen-bond donors (Lipinski definition) is 4. The van der Waals surface area contributed by atoms with Gasteiger partial charge < -0.3 is 4.74 Å². The van der Waals surface area contributed by atoms with Crippen LogP contribution in [0.2, 0.25) is 0 Å². The molecule has 2 unspecified atom stereocenters. The highest BCUT2D eigenvalue weighted by molar-refractivity contribution is 5.84. The molecule has 1 heterocycles. The Hall–Kier alpha value is -2.90. The van der Waals surface area contributed by atoms with Gasteiger partial charge in [-0.05, 0) is 30.2 Å². The number of benzene rings is 2. The molecule has 0 spiro atoms. The normalized spacial score (nSPS) is 19.0. The zero-order chi connectivity index (χ0) is 18.4. The molecule has 0 saturated carbocycles. The van der Waals surface area contributed by atoms with Crippen molar-refractivity contribution in [2.24, 2.45) is 5.92 Å². The molecule has 7 heteroatoms. The van der Waals surface area contributed by atoms with E-state index in [1.807, 2.05) is 55.5 Å². The van der Waals surface area contributed by atoms with Crippen LogP contribution in [0.25, 0.3) is 0 Å². The topological polar surface area (TPSA) is 91.5 Å². The van der Waals surface area contributed by atoms with E-state index >= 15 is 0 Å². The van der Waals surface area contributed by atoms with E-state index in [9.17, 15) is 9.59 Å². The molecule has 1 saturated heterocycles. The molecule has 1 fully saturated rings. The van der Waals surface area contributed by atoms with E-state index < -0.39 is 5.91 Å². The van der Waals surface area contributed by atoms with Gasteiger partial charge in [0.1, 0.15) is 5.75 Å². The van der Waals surface area contributed by atoms with Crippen molar-refractivity contribution in [3.8, 4) is 5.75 Å². The van der Waals surface area contributed by atoms with Crippen LogP contribution in [0.4, 0.5) is 0 Å². The molecule has 2 aromatic carbocycles. The first kappa shape index (κ1) is 17.9. The Kier molecular flexibility index (Phi) is 5.83. The van der Waals surface area contributed by atoms with E-state index in [1.165, 1.54) is 0 Å². The van der Waals surface area contributed by atoms with E-state index in [4.69, 9.17) is 4.74 Å². The van der Waals surface area contributed by atoms with Crippen LogP contribution in [0, 0.1) is 12.8 Å². The Morgan fingerprint density at radius 2 is 1.92 bits per heavy atom. The molecule has 2 atom stereocenters. The molecule has 2 amide bonds. The molecule has 1 aliphatic heterocycles. The average Bonchev–Trinajstić information content (AvgIpc) is 3.15. The minimum Gasteiger partial charge on any atom is -0.484 e. The molecular weight excluding hydrogens is 332 g/mol. The average molecular weight is 354 g/mol. The minimum atomic E-state index is -0.421. The smallest absolute Gasteiger partial charge is 0.276 e. The van der Waals surface area contributed by atoms with Gasteiger partial charge >= 0.3 is 0 Å². The largest absolute Gasteiger partial charge is 0.484 e. The van der Waals surface area contributed by atoms with Gasteiger partial charge in [0.15, 0.2) is 6.61 Å². The van der Waals surface area contributed by atoms with Crippen molar-refractivity contribution >= 4 is 11.8 Å². The maximum Gasteiger partial charge on any atom is 0.276 e. The van der Waals surface area contributed by atoms with Crippen molar-refractivity contribution in [3.05, 3.63) is 65.7 Å². The van der Waals surface area contributed by atoms with Crippen molar-refractivity contribution in [2.45, 2.75) is 13.0 Å². The zero-order valence-electron chi connectivity index (χ0n) is 14.5. The van der Waals surface area contributed by atoms with Crippen LogP contribution in [-0.2, 0) is 9.59 Å². The molecule has 136 valence electrons. The summed E-state index contributed by atoms with van der Waals surface area (Å²) in [6.45, 7) is 2.24. The van der Waals surface area contributed by atoms with Crippen LogP contribution < -0.4 is 26.4 Å². The van der Waals surface area contributed by atoms with E-state index in [1.54, 1.807) is 6.07 Å². The van der Waals surface area contributed by atoms with Gasteiger partial charge in [-0.3, -0.25) is 25.9 Å². The Bertz CT molecular complexity index is 766. The number of carbonyl (C=O) groups excluding carboxylic acids is 2. The molecule has 0 radical (unpaired) electrons. The summed E-state index contributed by atoms with van der Waals surface area (Å²) in [4.78, 5) is 24.3. The van der Waals surface area contributed by atoms with Crippen LogP contribution in [0.15, 0.2) is 54.6 Å². The van der Waals surface area contributed by atoms with Crippen LogP contribution in [-0.4, -0.2) is 25.0 Å². The first-order valence-electron chi connectivity index (χ1n) is 8.45. The van der Waals surface area contributed by atoms with Gasteiger partial charge in [0.2, 0.25) is 5.91 Å². The molecule has 1 aliphatic rings. The second-order valence-electron chi connectivity index (χ2n) is 6.16. The van der Waals surface area contributed by atoms with E-state index in [0.29, 0.717) is 12.3 Å². The fourth-order valence-electron chi connectivity index (χ4n) is 2.83. The van der Waals surface area contributed by atoms with Crippen LogP contribution in [0.1, 0.15) is 17.2 Å². The Morgan fingerprint density at radius 3 is 2.69 bits per heavy atom. The third kappa shape index (κ3) is 4.59. The lowest BCUT2D eigenvalue weighted by atomic mass is 9.94. The van der Waals surface area contributed by atoms with Crippen molar-refractivity contribution in [2.75, 3.05) is 13.2 Å². The van der Waals surface area contributed by atoms with Crippen molar-refractivity contribution < 1.29 is 14.3 Å².